The molecule has 0 radical (unpaired) electrons. The normalized spacial score (nSPS) is 12.7. The van der Waals surface area contributed by atoms with Gasteiger partial charge in [-0.2, -0.15) is 0 Å². The van der Waals surface area contributed by atoms with Crippen molar-refractivity contribution in [2.45, 2.75) is 37.5 Å². The van der Waals surface area contributed by atoms with Gasteiger partial charge in [-0.15, -0.1) is 6.58 Å². The first-order chi connectivity index (χ1) is 23.8. The van der Waals surface area contributed by atoms with Crippen LogP contribution >= 0.6 is 0 Å². The van der Waals surface area contributed by atoms with Gasteiger partial charge in [0.05, 0.1) is 34.0 Å². The number of hydrogen-bond acceptors (Lipinski definition) is 5. The highest BCUT2D eigenvalue weighted by Crippen LogP contribution is 2.42. The number of benzene rings is 5. The van der Waals surface area contributed by atoms with Crippen molar-refractivity contribution in [1.82, 2.24) is 0 Å². The maximum Gasteiger partial charge on any atom is 0.261 e. The topological polar surface area (TPSA) is 46.2 Å². The Morgan fingerprint density at radius 2 is 1.02 bits per heavy atom. The van der Waals surface area contributed by atoms with Gasteiger partial charge in [-0.05, 0) is 56.4 Å². The summed E-state index contributed by atoms with van der Waals surface area (Å²) in [7, 11) is 0.519. The van der Waals surface area contributed by atoms with Crippen LogP contribution in [0.15, 0.2) is 152 Å². The van der Waals surface area contributed by atoms with Gasteiger partial charge in [0.1, 0.15) is 23.2 Å². The second kappa shape index (κ2) is 16.3. The highest BCUT2D eigenvalue weighted by atomic mass is 28.4. The highest BCUT2D eigenvalue weighted by molar-refractivity contribution is 6.99. The van der Waals surface area contributed by atoms with Crippen LogP contribution < -0.4 is 19.8 Å². The van der Waals surface area contributed by atoms with E-state index in [1.165, 1.54) is 10.4 Å². The fourth-order valence-electron chi connectivity index (χ4n) is 6.62. The number of ether oxygens (including phenoxy) is 4. The molecule has 5 nitrogen and oxygen atoms in total. The van der Waals surface area contributed by atoms with Gasteiger partial charge in [0, 0.05) is 0 Å². The molecule has 0 heterocycles. The minimum atomic E-state index is -2.83. The lowest BCUT2D eigenvalue weighted by atomic mass is 9.80. The van der Waals surface area contributed by atoms with Crippen molar-refractivity contribution in [3.8, 4) is 11.5 Å². The first-order valence-electron chi connectivity index (χ1n) is 16.7. The van der Waals surface area contributed by atoms with E-state index in [0.29, 0.717) is 13.2 Å². The molecule has 0 saturated carbocycles. The maximum absolute atomic E-state index is 7.33. The van der Waals surface area contributed by atoms with E-state index in [0.717, 1.165) is 28.2 Å². The predicted octanol–water partition coefficient (Wildman–Crippen LogP) is 8.16. The molecule has 0 N–H and O–H groups in total. The van der Waals surface area contributed by atoms with Gasteiger partial charge < -0.3 is 23.4 Å². The predicted molar refractivity (Wildman–Crippen MR) is 202 cm³/mol. The molecule has 1 atom stereocenters. The second-order valence-electron chi connectivity index (χ2n) is 13.0. The Hall–Kier alpha value is -4.46. The fraction of sp³-hybridized carbons (Fsp3) is 0.256. The van der Waals surface area contributed by atoms with Crippen LogP contribution in [0.3, 0.4) is 0 Å². The average Bonchev–Trinajstić information content (AvgIpc) is 3.15. The van der Waals surface area contributed by atoms with Gasteiger partial charge in [0.15, 0.2) is 0 Å². The summed E-state index contributed by atoms with van der Waals surface area (Å²) in [5.41, 5.74) is 1.92. The van der Waals surface area contributed by atoms with Gasteiger partial charge in [0.2, 0.25) is 0 Å². The zero-order valence-electron chi connectivity index (χ0n) is 29.3. The molecule has 0 aromatic heterocycles. The molecule has 5 rings (SSSR count). The van der Waals surface area contributed by atoms with Gasteiger partial charge in [-0.1, -0.05) is 142 Å². The minimum Gasteiger partial charge on any atom is -0.497 e. The van der Waals surface area contributed by atoms with Gasteiger partial charge in [-0.25, -0.2) is 0 Å². The molecule has 5 aromatic carbocycles. The largest absolute Gasteiger partial charge is 0.497 e. The molecular weight excluding hydrogens is 625 g/mol. The van der Waals surface area contributed by atoms with E-state index in [1.54, 1.807) is 20.3 Å². The summed E-state index contributed by atoms with van der Waals surface area (Å²) in [5, 5.41) is 2.25. The maximum atomic E-state index is 7.33. The molecule has 0 spiro atoms. The van der Waals surface area contributed by atoms with Crippen molar-refractivity contribution in [3.05, 3.63) is 169 Å². The molecule has 0 unspecified atom stereocenters. The van der Waals surface area contributed by atoms with Crippen LogP contribution in [0.4, 0.5) is 0 Å². The Bertz CT molecular complexity index is 1630. The molecule has 6 heteroatoms. The van der Waals surface area contributed by atoms with Crippen LogP contribution in [0.1, 0.15) is 37.5 Å². The van der Waals surface area contributed by atoms with Crippen molar-refractivity contribution >= 4 is 18.7 Å². The number of rotatable bonds is 16. The first-order valence-corrected chi connectivity index (χ1v) is 18.7. The Labute approximate surface area is 293 Å². The number of methoxy groups -OCH3 is 2. The molecular formula is C43H48O5Si. The fourth-order valence-corrected chi connectivity index (χ4v) is 11.2. The van der Waals surface area contributed by atoms with E-state index in [4.69, 9.17) is 23.4 Å². The zero-order valence-corrected chi connectivity index (χ0v) is 30.3. The van der Waals surface area contributed by atoms with Crippen LogP contribution in [-0.2, 0) is 19.5 Å². The van der Waals surface area contributed by atoms with Gasteiger partial charge in [0.25, 0.3) is 8.32 Å². The van der Waals surface area contributed by atoms with E-state index in [2.05, 4.69) is 124 Å². The van der Waals surface area contributed by atoms with Crippen molar-refractivity contribution in [3.63, 3.8) is 0 Å². The van der Waals surface area contributed by atoms with Crippen LogP contribution in [0.2, 0.25) is 5.04 Å². The van der Waals surface area contributed by atoms with Crippen LogP contribution in [0.25, 0.3) is 0 Å². The third kappa shape index (κ3) is 7.74. The third-order valence-corrected chi connectivity index (χ3v) is 14.0. The molecule has 0 fully saturated rings. The van der Waals surface area contributed by atoms with E-state index in [1.807, 2.05) is 42.5 Å². The molecule has 0 saturated heterocycles. The smallest absolute Gasteiger partial charge is 0.261 e. The summed E-state index contributed by atoms with van der Waals surface area (Å²) < 4.78 is 32.1. The summed E-state index contributed by atoms with van der Waals surface area (Å²) in [6.45, 7) is 11.7. The minimum absolute atomic E-state index is 0.181. The lowest BCUT2D eigenvalue weighted by Crippen LogP contribution is -2.67. The third-order valence-electron chi connectivity index (χ3n) is 9.01. The van der Waals surface area contributed by atoms with E-state index in [9.17, 15) is 0 Å². The molecule has 254 valence electrons. The molecule has 49 heavy (non-hydrogen) atoms. The molecule has 0 aliphatic carbocycles. The Morgan fingerprint density at radius 1 is 0.592 bits per heavy atom. The van der Waals surface area contributed by atoms with Gasteiger partial charge in [-0.3, -0.25) is 0 Å². The molecule has 0 aliphatic rings. The summed E-state index contributed by atoms with van der Waals surface area (Å²) >= 11 is 0. The van der Waals surface area contributed by atoms with Crippen molar-refractivity contribution in [1.29, 1.82) is 0 Å². The summed E-state index contributed by atoms with van der Waals surface area (Å²) in [6.07, 6.45) is 1.37. The molecule has 0 aliphatic heterocycles. The van der Waals surface area contributed by atoms with E-state index in [-0.39, 0.29) is 11.6 Å². The van der Waals surface area contributed by atoms with Gasteiger partial charge >= 0.3 is 0 Å². The van der Waals surface area contributed by atoms with Crippen LogP contribution in [-0.4, -0.2) is 48.5 Å². The highest BCUT2D eigenvalue weighted by Gasteiger charge is 2.50. The van der Waals surface area contributed by atoms with Crippen LogP contribution in [0, 0.1) is 0 Å². The second-order valence-corrected chi connectivity index (χ2v) is 17.3. The monoisotopic (exact) mass is 672 g/mol. The van der Waals surface area contributed by atoms with Crippen molar-refractivity contribution in [2.75, 3.05) is 34.0 Å². The van der Waals surface area contributed by atoms with E-state index >= 15 is 0 Å². The summed E-state index contributed by atoms with van der Waals surface area (Å²) in [6, 6.07) is 47.8. The Balaban J connectivity index is 1.58. The Morgan fingerprint density at radius 3 is 1.43 bits per heavy atom. The van der Waals surface area contributed by atoms with Crippen molar-refractivity contribution < 1.29 is 23.4 Å². The SMILES string of the molecule is C=CCO[C@H](COC(c1ccccc1)(c1ccc(OC)cc1)c1ccc(OC)cc1)CO[Si](c1ccccc1)(c1ccccc1)C(C)(C)C. The lowest BCUT2D eigenvalue weighted by Gasteiger charge is -2.44. The first kappa shape index (κ1) is 35.8. The molecule has 0 bridgehead atoms. The average molecular weight is 673 g/mol. The van der Waals surface area contributed by atoms with E-state index < -0.39 is 20.0 Å². The molecule has 0 amide bonds. The molecule has 5 aromatic rings. The van der Waals surface area contributed by atoms with Crippen LogP contribution in [0.5, 0.6) is 11.5 Å². The zero-order chi connectivity index (χ0) is 34.7. The lowest BCUT2D eigenvalue weighted by molar-refractivity contribution is -0.0726. The summed E-state index contributed by atoms with van der Waals surface area (Å²) in [4.78, 5) is 0. The van der Waals surface area contributed by atoms with Crippen molar-refractivity contribution in [2.24, 2.45) is 0 Å². The quantitative estimate of drug-likeness (QED) is 0.0602. The number of hydrogen-bond donors (Lipinski definition) is 0. The standard InChI is InChI=1S/C43H48O5Si/c1-7-31-46-39(33-48-49(42(2,3)4,40-19-13-9-14-20-40)41-21-15-10-16-22-41)32-47-43(34-17-11-8-12-18-34,35-23-27-37(44-5)28-24-35)36-25-29-38(45-6)30-26-36/h7-30,39H,1,31-33H2,2-6H3/t39-/m1/s1. The summed E-state index contributed by atoms with van der Waals surface area (Å²) in [5.74, 6) is 1.54. The Kier molecular flexibility index (Phi) is 11.9.